The predicted octanol–water partition coefficient (Wildman–Crippen LogP) is 2.20. The summed E-state index contributed by atoms with van der Waals surface area (Å²) in [6, 6.07) is 15.8. The summed E-state index contributed by atoms with van der Waals surface area (Å²) >= 11 is 0. The van der Waals surface area contributed by atoms with Crippen molar-refractivity contribution in [2.75, 3.05) is 6.61 Å². The Bertz CT molecular complexity index is 1030. The monoisotopic (exact) mass is 378 g/mol. The van der Waals surface area contributed by atoms with Crippen LogP contribution in [0.4, 0.5) is 4.79 Å². The van der Waals surface area contributed by atoms with Crippen molar-refractivity contribution in [3.63, 3.8) is 0 Å². The smallest absolute Gasteiger partial charge is 0.342 e. The SMILES string of the molecule is Cc1ccccc1-c1nn(-c2ccccc2)cc1C(=O)OCC(=O)NC(N)=O. The summed E-state index contributed by atoms with van der Waals surface area (Å²) in [5.74, 6) is -1.55. The largest absolute Gasteiger partial charge is 0.452 e. The maximum Gasteiger partial charge on any atom is 0.342 e. The van der Waals surface area contributed by atoms with Crippen LogP contribution in [0.2, 0.25) is 0 Å². The van der Waals surface area contributed by atoms with E-state index in [1.54, 1.807) is 10.9 Å². The molecule has 8 nitrogen and oxygen atoms in total. The van der Waals surface area contributed by atoms with Gasteiger partial charge in [-0.05, 0) is 24.6 Å². The number of nitrogens with zero attached hydrogens (tertiary/aromatic N) is 2. The Labute approximate surface area is 160 Å². The molecule has 8 heteroatoms. The van der Waals surface area contributed by atoms with E-state index >= 15 is 0 Å². The summed E-state index contributed by atoms with van der Waals surface area (Å²) in [5, 5.41) is 6.39. The van der Waals surface area contributed by atoms with E-state index in [2.05, 4.69) is 5.10 Å². The van der Waals surface area contributed by atoms with Crippen LogP contribution < -0.4 is 11.1 Å². The lowest BCUT2D eigenvalue weighted by atomic mass is 10.0. The molecule has 28 heavy (non-hydrogen) atoms. The van der Waals surface area contributed by atoms with Gasteiger partial charge in [-0.25, -0.2) is 14.3 Å². The molecule has 3 rings (SSSR count). The number of esters is 1. The summed E-state index contributed by atoms with van der Waals surface area (Å²) in [4.78, 5) is 34.8. The molecule has 0 saturated carbocycles. The lowest BCUT2D eigenvalue weighted by molar-refractivity contribution is -0.123. The number of benzene rings is 2. The second-order valence-electron chi connectivity index (χ2n) is 5.97. The number of hydrogen-bond acceptors (Lipinski definition) is 5. The number of primary amides is 1. The number of imide groups is 1. The summed E-state index contributed by atoms with van der Waals surface area (Å²) in [6.07, 6.45) is 1.55. The number of rotatable bonds is 5. The molecule has 1 aromatic heterocycles. The van der Waals surface area contributed by atoms with Gasteiger partial charge in [0.25, 0.3) is 5.91 Å². The first kappa shape index (κ1) is 18.8. The zero-order valence-electron chi connectivity index (χ0n) is 15.1. The number of aryl methyl sites for hydroxylation is 1. The molecular formula is C20H18N4O4. The molecule has 1 heterocycles. The van der Waals surface area contributed by atoms with Gasteiger partial charge in [0, 0.05) is 11.8 Å². The molecule has 0 fully saturated rings. The number of carbonyl (C=O) groups is 3. The van der Waals surface area contributed by atoms with Gasteiger partial charge in [0.2, 0.25) is 0 Å². The highest BCUT2D eigenvalue weighted by atomic mass is 16.5. The van der Waals surface area contributed by atoms with Crippen LogP contribution in [-0.2, 0) is 9.53 Å². The van der Waals surface area contributed by atoms with Crippen molar-refractivity contribution in [3.8, 4) is 16.9 Å². The first-order chi connectivity index (χ1) is 13.5. The zero-order chi connectivity index (χ0) is 20.1. The summed E-state index contributed by atoms with van der Waals surface area (Å²) in [7, 11) is 0. The van der Waals surface area contributed by atoms with E-state index in [9.17, 15) is 14.4 Å². The van der Waals surface area contributed by atoms with E-state index in [4.69, 9.17) is 10.5 Å². The van der Waals surface area contributed by atoms with Gasteiger partial charge in [0.15, 0.2) is 6.61 Å². The predicted molar refractivity (Wildman–Crippen MR) is 102 cm³/mol. The highest BCUT2D eigenvalue weighted by molar-refractivity contribution is 5.99. The van der Waals surface area contributed by atoms with Gasteiger partial charge < -0.3 is 10.5 Å². The molecule has 3 aromatic rings. The van der Waals surface area contributed by atoms with Gasteiger partial charge in [0.1, 0.15) is 11.3 Å². The molecule has 3 amide bonds. The van der Waals surface area contributed by atoms with Crippen LogP contribution in [0.3, 0.4) is 0 Å². The van der Waals surface area contributed by atoms with E-state index in [1.165, 1.54) is 0 Å². The van der Waals surface area contributed by atoms with Crippen LogP contribution in [0.5, 0.6) is 0 Å². The number of hydrogen-bond donors (Lipinski definition) is 2. The van der Waals surface area contributed by atoms with Gasteiger partial charge in [0.05, 0.1) is 5.69 Å². The number of ether oxygens (including phenoxy) is 1. The fraction of sp³-hybridized carbons (Fsp3) is 0.100. The lowest BCUT2D eigenvalue weighted by Crippen LogP contribution is -2.37. The Morgan fingerprint density at radius 2 is 1.75 bits per heavy atom. The van der Waals surface area contributed by atoms with Crippen molar-refractivity contribution in [1.29, 1.82) is 0 Å². The number of carbonyl (C=O) groups excluding carboxylic acids is 3. The van der Waals surface area contributed by atoms with E-state index in [1.807, 2.05) is 66.8 Å². The fourth-order valence-electron chi connectivity index (χ4n) is 2.66. The Morgan fingerprint density at radius 3 is 2.43 bits per heavy atom. The molecule has 0 radical (unpaired) electrons. The van der Waals surface area contributed by atoms with Crippen molar-refractivity contribution in [1.82, 2.24) is 15.1 Å². The number of amides is 3. The zero-order valence-corrected chi connectivity index (χ0v) is 15.1. The topological polar surface area (TPSA) is 116 Å². The maximum atomic E-state index is 12.6. The molecule has 0 unspecified atom stereocenters. The average molecular weight is 378 g/mol. The van der Waals surface area contributed by atoms with Gasteiger partial charge in [-0.3, -0.25) is 10.1 Å². The van der Waals surface area contributed by atoms with E-state index < -0.39 is 24.5 Å². The van der Waals surface area contributed by atoms with Crippen molar-refractivity contribution in [3.05, 3.63) is 71.9 Å². The minimum Gasteiger partial charge on any atom is -0.452 e. The van der Waals surface area contributed by atoms with Crippen molar-refractivity contribution < 1.29 is 19.1 Å². The minimum absolute atomic E-state index is 0.199. The fourth-order valence-corrected chi connectivity index (χ4v) is 2.66. The molecule has 0 aliphatic carbocycles. The molecular weight excluding hydrogens is 360 g/mol. The van der Waals surface area contributed by atoms with Crippen molar-refractivity contribution in [2.24, 2.45) is 5.73 Å². The molecule has 0 atom stereocenters. The quantitative estimate of drug-likeness (QED) is 0.660. The van der Waals surface area contributed by atoms with Gasteiger partial charge in [-0.15, -0.1) is 0 Å². The highest BCUT2D eigenvalue weighted by Crippen LogP contribution is 2.27. The molecule has 0 bridgehead atoms. The summed E-state index contributed by atoms with van der Waals surface area (Å²) in [5.41, 5.74) is 7.97. The number of nitrogens with one attached hydrogen (secondary N) is 1. The Hall–Kier alpha value is -3.94. The Kier molecular flexibility index (Phi) is 5.50. The number of urea groups is 1. The molecule has 0 aliphatic heterocycles. The third-order valence-electron chi connectivity index (χ3n) is 3.95. The maximum absolute atomic E-state index is 12.6. The molecule has 0 spiro atoms. The number of nitrogens with two attached hydrogens (primary N) is 1. The van der Waals surface area contributed by atoms with Crippen LogP contribution in [-0.4, -0.2) is 34.3 Å². The van der Waals surface area contributed by atoms with E-state index in [0.29, 0.717) is 5.69 Å². The normalized spacial score (nSPS) is 10.3. The molecule has 2 aromatic carbocycles. The molecule has 0 saturated heterocycles. The highest BCUT2D eigenvalue weighted by Gasteiger charge is 2.22. The second-order valence-corrected chi connectivity index (χ2v) is 5.97. The van der Waals surface area contributed by atoms with E-state index in [0.717, 1.165) is 16.8 Å². The van der Waals surface area contributed by atoms with Crippen LogP contribution >= 0.6 is 0 Å². The van der Waals surface area contributed by atoms with Crippen LogP contribution in [0, 0.1) is 6.92 Å². The van der Waals surface area contributed by atoms with Crippen molar-refractivity contribution in [2.45, 2.75) is 6.92 Å². The third-order valence-corrected chi connectivity index (χ3v) is 3.95. The molecule has 142 valence electrons. The van der Waals surface area contributed by atoms with E-state index in [-0.39, 0.29) is 5.56 Å². The molecule has 3 N–H and O–H groups in total. The lowest BCUT2D eigenvalue weighted by Gasteiger charge is -2.06. The standard InChI is InChI=1S/C20H18N4O4/c1-13-7-5-6-10-15(13)18-16(19(26)28-12-17(25)22-20(21)27)11-24(23-18)14-8-3-2-4-9-14/h2-11H,12H2,1H3,(H3,21,22,25,27). The van der Waals surface area contributed by atoms with Crippen LogP contribution in [0.1, 0.15) is 15.9 Å². The first-order valence-corrected chi connectivity index (χ1v) is 8.43. The van der Waals surface area contributed by atoms with Crippen LogP contribution in [0.25, 0.3) is 16.9 Å². The van der Waals surface area contributed by atoms with Crippen molar-refractivity contribution >= 4 is 17.9 Å². The minimum atomic E-state index is -1.02. The summed E-state index contributed by atoms with van der Waals surface area (Å²) < 4.78 is 6.60. The van der Waals surface area contributed by atoms with Gasteiger partial charge >= 0.3 is 12.0 Å². The number of aromatic nitrogens is 2. The summed E-state index contributed by atoms with van der Waals surface area (Å²) in [6.45, 7) is 1.28. The first-order valence-electron chi connectivity index (χ1n) is 8.43. The second kappa shape index (κ2) is 8.17. The number of para-hydroxylation sites is 1. The Morgan fingerprint density at radius 1 is 1.07 bits per heavy atom. The molecule has 0 aliphatic rings. The Balaban J connectivity index is 1.95. The third kappa shape index (κ3) is 4.24. The average Bonchev–Trinajstić information content (AvgIpc) is 3.12. The van der Waals surface area contributed by atoms with Crippen LogP contribution in [0.15, 0.2) is 60.8 Å². The van der Waals surface area contributed by atoms with Gasteiger partial charge in [-0.1, -0.05) is 42.5 Å². The van der Waals surface area contributed by atoms with Gasteiger partial charge in [-0.2, -0.15) is 5.10 Å².